The predicted molar refractivity (Wildman–Crippen MR) is 92.6 cm³/mol. The highest BCUT2D eigenvalue weighted by atomic mass is 32.1. The first kappa shape index (κ1) is 16.5. The molecular weight excluding hydrogens is 326 g/mol. The molecule has 1 saturated carbocycles. The first-order chi connectivity index (χ1) is 11.6. The van der Waals surface area contributed by atoms with Crippen LogP contribution in [0.1, 0.15) is 36.6 Å². The molecule has 0 saturated heterocycles. The zero-order valence-corrected chi connectivity index (χ0v) is 14.1. The molecule has 1 fully saturated rings. The molecule has 1 aliphatic carbocycles. The van der Waals surface area contributed by atoms with Crippen molar-refractivity contribution in [3.05, 3.63) is 34.8 Å². The molecule has 128 valence electrons. The fraction of sp³-hybridized carbons (Fsp3) is 0.438. The van der Waals surface area contributed by atoms with Crippen LogP contribution in [0.5, 0.6) is 0 Å². The quantitative estimate of drug-likeness (QED) is 0.748. The molecular formula is C16H21N5O2S. The second-order valence-corrected chi connectivity index (χ2v) is 7.01. The van der Waals surface area contributed by atoms with Crippen LogP contribution >= 0.6 is 11.3 Å². The number of primary amides is 1. The van der Waals surface area contributed by atoms with Gasteiger partial charge >= 0.3 is 6.03 Å². The molecule has 24 heavy (non-hydrogen) atoms. The molecule has 4 N–H and O–H groups in total. The van der Waals surface area contributed by atoms with Crippen molar-refractivity contribution in [2.24, 2.45) is 11.7 Å². The highest BCUT2D eigenvalue weighted by molar-refractivity contribution is 7.10. The van der Waals surface area contributed by atoms with Crippen molar-refractivity contribution in [3.63, 3.8) is 0 Å². The number of urea groups is 1. The lowest BCUT2D eigenvalue weighted by molar-refractivity contribution is -0.118. The van der Waals surface area contributed by atoms with Gasteiger partial charge in [0.1, 0.15) is 6.54 Å². The minimum atomic E-state index is -0.479. The molecule has 1 atom stereocenters. The first-order valence-electron chi connectivity index (χ1n) is 8.03. The number of nitrogens with zero attached hydrogens (tertiary/aromatic N) is 2. The molecule has 0 unspecified atom stereocenters. The van der Waals surface area contributed by atoms with E-state index < -0.39 is 5.91 Å². The third-order valence-electron chi connectivity index (χ3n) is 4.22. The van der Waals surface area contributed by atoms with Crippen LogP contribution in [0.2, 0.25) is 0 Å². The van der Waals surface area contributed by atoms with Crippen molar-refractivity contribution in [2.45, 2.75) is 38.3 Å². The summed E-state index contributed by atoms with van der Waals surface area (Å²) in [6.07, 6.45) is 7.79. The average Bonchev–Trinajstić information content (AvgIpc) is 3.27. The Morgan fingerprint density at radius 1 is 1.42 bits per heavy atom. The molecule has 0 bridgehead atoms. The lowest BCUT2D eigenvalue weighted by atomic mass is 9.97. The zero-order valence-electron chi connectivity index (χ0n) is 13.3. The molecule has 0 spiro atoms. The lowest BCUT2D eigenvalue weighted by Gasteiger charge is -2.23. The number of rotatable bonds is 6. The van der Waals surface area contributed by atoms with Gasteiger partial charge in [0.15, 0.2) is 0 Å². The van der Waals surface area contributed by atoms with Gasteiger partial charge in [-0.2, -0.15) is 5.10 Å². The number of nitrogens with one attached hydrogen (secondary N) is 2. The van der Waals surface area contributed by atoms with Crippen LogP contribution in [0.4, 0.5) is 10.5 Å². The molecule has 2 heterocycles. The van der Waals surface area contributed by atoms with Crippen molar-refractivity contribution < 1.29 is 9.59 Å². The highest BCUT2D eigenvalue weighted by Gasteiger charge is 2.28. The number of carbonyl (C=O) groups is 2. The van der Waals surface area contributed by atoms with Crippen LogP contribution in [0.3, 0.4) is 0 Å². The number of amides is 3. The summed E-state index contributed by atoms with van der Waals surface area (Å²) in [6.45, 7) is -0.0107. The predicted octanol–water partition coefficient (Wildman–Crippen LogP) is 2.48. The summed E-state index contributed by atoms with van der Waals surface area (Å²) >= 11 is 1.67. The number of anilines is 1. The monoisotopic (exact) mass is 347 g/mol. The molecule has 0 aromatic carbocycles. The Hall–Kier alpha value is -2.35. The maximum atomic E-state index is 12.4. The Labute approximate surface area is 144 Å². The summed E-state index contributed by atoms with van der Waals surface area (Å²) in [6, 6.07) is 3.85. The van der Waals surface area contributed by atoms with E-state index in [2.05, 4.69) is 21.8 Å². The van der Waals surface area contributed by atoms with Gasteiger partial charge < -0.3 is 16.4 Å². The van der Waals surface area contributed by atoms with E-state index in [1.807, 2.05) is 11.4 Å². The minimum Gasteiger partial charge on any atom is -0.368 e. The summed E-state index contributed by atoms with van der Waals surface area (Å²) in [7, 11) is 0. The Bertz CT molecular complexity index is 691. The zero-order chi connectivity index (χ0) is 16.9. The standard InChI is InChI=1S/C16H21N5O2S/c17-14(22)10-21-9-12(8-18-21)19-16(23)20-15(11-4-1-2-5-11)13-6-3-7-24-13/h3,6-9,11,15H,1-2,4-5,10H2,(H2,17,22)(H2,19,20,23)/t15-/m1/s1. The smallest absolute Gasteiger partial charge is 0.319 e. The van der Waals surface area contributed by atoms with Gasteiger partial charge in [0.2, 0.25) is 5.91 Å². The number of carbonyl (C=O) groups excluding carboxylic acids is 2. The molecule has 3 rings (SSSR count). The minimum absolute atomic E-state index is 0.0107. The van der Waals surface area contributed by atoms with E-state index in [1.54, 1.807) is 17.5 Å². The number of nitrogens with two attached hydrogens (primary N) is 1. The van der Waals surface area contributed by atoms with Crippen LogP contribution in [0.25, 0.3) is 0 Å². The van der Waals surface area contributed by atoms with E-state index >= 15 is 0 Å². The van der Waals surface area contributed by atoms with Crippen LogP contribution in [-0.2, 0) is 11.3 Å². The number of hydrogen-bond donors (Lipinski definition) is 3. The van der Waals surface area contributed by atoms with Gasteiger partial charge in [-0.15, -0.1) is 11.3 Å². The van der Waals surface area contributed by atoms with Crippen molar-refractivity contribution in [3.8, 4) is 0 Å². The Kier molecular flexibility index (Phi) is 5.14. The van der Waals surface area contributed by atoms with Gasteiger partial charge in [-0.3, -0.25) is 9.48 Å². The van der Waals surface area contributed by atoms with Gasteiger partial charge in [-0.1, -0.05) is 18.9 Å². The van der Waals surface area contributed by atoms with E-state index in [0.717, 1.165) is 12.8 Å². The first-order valence-corrected chi connectivity index (χ1v) is 8.91. The van der Waals surface area contributed by atoms with E-state index in [-0.39, 0.29) is 18.6 Å². The molecule has 7 nitrogen and oxygen atoms in total. The van der Waals surface area contributed by atoms with Gasteiger partial charge in [-0.25, -0.2) is 4.79 Å². The molecule has 0 radical (unpaired) electrons. The van der Waals surface area contributed by atoms with Crippen LogP contribution in [-0.4, -0.2) is 21.7 Å². The summed E-state index contributed by atoms with van der Waals surface area (Å²) < 4.78 is 1.39. The number of thiophene rings is 1. The lowest BCUT2D eigenvalue weighted by Crippen LogP contribution is -2.35. The van der Waals surface area contributed by atoms with Gasteiger partial charge in [0, 0.05) is 11.1 Å². The maximum absolute atomic E-state index is 12.4. The summed E-state index contributed by atoms with van der Waals surface area (Å²) in [4.78, 5) is 24.4. The third kappa shape index (κ3) is 4.14. The summed E-state index contributed by atoms with van der Waals surface area (Å²) in [5.74, 6) is 0.0000733. The summed E-state index contributed by atoms with van der Waals surface area (Å²) in [5, 5.41) is 11.9. The largest absolute Gasteiger partial charge is 0.368 e. The van der Waals surface area contributed by atoms with E-state index in [0.29, 0.717) is 11.6 Å². The fourth-order valence-corrected chi connectivity index (χ4v) is 4.03. The Balaban J connectivity index is 1.63. The highest BCUT2D eigenvalue weighted by Crippen LogP contribution is 2.37. The molecule has 2 aromatic heterocycles. The van der Waals surface area contributed by atoms with Gasteiger partial charge in [-0.05, 0) is 30.2 Å². The van der Waals surface area contributed by atoms with Crippen molar-refractivity contribution in [1.29, 1.82) is 0 Å². The molecule has 3 amide bonds. The third-order valence-corrected chi connectivity index (χ3v) is 5.17. The van der Waals surface area contributed by atoms with Gasteiger partial charge in [0.05, 0.1) is 17.9 Å². The van der Waals surface area contributed by atoms with Crippen LogP contribution in [0, 0.1) is 5.92 Å². The second-order valence-electron chi connectivity index (χ2n) is 6.03. The summed E-state index contributed by atoms with van der Waals surface area (Å²) in [5.41, 5.74) is 5.66. The number of hydrogen-bond acceptors (Lipinski definition) is 4. The van der Waals surface area contributed by atoms with Crippen LogP contribution in [0.15, 0.2) is 29.9 Å². The second kappa shape index (κ2) is 7.48. The molecule has 0 aliphatic heterocycles. The van der Waals surface area contributed by atoms with Gasteiger partial charge in [0.25, 0.3) is 0 Å². The van der Waals surface area contributed by atoms with Crippen LogP contribution < -0.4 is 16.4 Å². The van der Waals surface area contributed by atoms with E-state index in [1.165, 1.54) is 28.6 Å². The molecule has 8 heteroatoms. The molecule has 2 aromatic rings. The fourth-order valence-electron chi connectivity index (χ4n) is 3.16. The van der Waals surface area contributed by atoms with Crippen molar-refractivity contribution >= 4 is 29.0 Å². The van der Waals surface area contributed by atoms with E-state index in [9.17, 15) is 9.59 Å². The van der Waals surface area contributed by atoms with E-state index in [4.69, 9.17) is 5.73 Å². The van der Waals surface area contributed by atoms with Crippen molar-refractivity contribution in [1.82, 2.24) is 15.1 Å². The Morgan fingerprint density at radius 2 is 2.21 bits per heavy atom. The molecule has 1 aliphatic rings. The average molecular weight is 347 g/mol. The maximum Gasteiger partial charge on any atom is 0.319 e. The normalized spacial score (nSPS) is 16.0. The SMILES string of the molecule is NC(=O)Cn1cc(NC(=O)N[C@@H](c2cccs2)C2CCCC2)cn1. The van der Waals surface area contributed by atoms with Crippen molar-refractivity contribution in [2.75, 3.05) is 5.32 Å². The Morgan fingerprint density at radius 3 is 2.88 bits per heavy atom. The number of aromatic nitrogens is 2. The topological polar surface area (TPSA) is 102 Å².